The first-order valence-electron chi connectivity index (χ1n) is 5.70. The van der Waals surface area contributed by atoms with E-state index in [-0.39, 0.29) is 11.6 Å². The maximum Gasteiger partial charge on any atom is 0.407 e. The number of amides is 1. The summed E-state index contributed by atoms with van der Waals surface area (Å²) < 4.78 is 3.01. The van der Waals surface area contributed by atoms with Crippen LogP contribution in [-0.4, -0.2) is 38.7 Å². The number of carboxylic acid groups (broad SMARTS) is 1. The van der Waals surface area contributed by atoms with E-state index in [9.17, 15) is 9.59 Å². The highest BCUT2D eigenvalue weighted by atomic mass is 79.9. The van der Waals surface area contributed by atoms with Crippen LogP contribution >= 0.6 is 27.3 Å². The Morgan fingerprint density at radius 1 is 1.58 bits per heavy atom. The highest BCUT2D eigenvalue weighted by Crippen LogP contribution is 2.27. The maximum absolute atomic E-state index is 12.4. The lowest BCUT2D eigenvalue weighted by molar-refractivity contribution is 0.154. The molecule has 3 heterocycles. The van der Waals surface area contributed by atoms with Gasteiger partial charge in [0, 0.05) is 13.1 Å². The predicted octanol–water partition coefficient (Wildman–Crippen LogP) is 2.15. The normalized spacial score (nSPS) is 19.2. The summed E-state index contributed by atoms with van der Waals surface area (Å²) in [5.74, 6) is 0. The van der Waals surface area contributed by atoms with Crippen molar-refractivity contribution in [1.29, 1.82) is 0 Å². The number of halogens is 1. The van der Waals surface area contributed by atoms with Gasteiger partial charge in [-0.3, -0.25) is 9.36 Å². The smallest absolute Gasteiger partial charge is 0.407 e. The summed E-state index contributed by atoms with van der Waals surface area (Å²) in [6.07, 6.45) is 1.22. The number of aromatic nitrogens is 2. The molecule has 3 rings (SSSR count). The van der Waals surface area contributed by atoms with Crippen LogP contribution in [0.4, 0.5) is 4.79 Å². The minimum absolute atomic E-state index is 0.0991. The molecule has 0 aromatic carbocycles. The molecule has 1 N–H and O–H groups in total. The number of rotatable bonds is 1. The van der Waals surface area contributed by atoms with E-state index in [4.69, 9.17) is 5.11 Å². The fourth-order valence-electron chi connectivity index (χ4n) is 2.30. The van der Waals surface area contributed by atoms with Gasteiger partial charge in [0.2, 0.25) is 0 Å². The lowest BCUT2D eigenvalue weighted by Crippen LogP contribution is -2.30. The zero-order chi connectivity index (χ0) is 13.6. The molecule has 1 aliphatic rings. The Kier molecular flexibility index (Phi) is 3.06. The van der Waals surface area contributed by atoms with Gasteiger partial charge in [-0.15, -0.1) is 11.3 Å². The molecular weight excluding hydrogens is 334 g/mol. The Balaban J connectivity index is 2.00. The molecule has 2 aromatic rings. The van der Waals surface area contributed by atoms with Gasteiger partial charge < -0.3 is 10.0 Å². The van der Waals surface area contributed by atoms with Crippen molar-refractivity contribution in [3.8, 4) is 0 Å². The van der Waals surface area contributed by atoms with Crippen molar-refractivity contribution in [1.82, 2.24) is 14.5 Å². The Morgan fingerprint density at radius 2 is 2.37 bits per heavy atom. The summed E-state index contributed by atoms with van der Waals surface area (Å²) >= 11 is 4.69. The predicted molar refractivity (Wildman–Crippen MR) is 74.8 cm³/mol. The zero-order valence-electron chi connectivity index (χ0n) is 9.74. The van der Waals surface area contributed by atoms with Crippen LogP contribution in [0.15, 0.2) is 21.0 Å². The third kappa shape index (κ3) is 2.14. The highest BCUT2D eigenvalue weighted by molar-refractivity contribution is 9.11. The van der Waals surface area contributed by atoms with Crippen LogP contribution in [0, 0.1) is 0 Å². The van der Waals surface area contributed by atoms with Crippen molar-refractivity contribution in [2.45, 2.75) is 12.5 Å². The molecule has 1 aliphatic heterocycles. The Morgan fingerprint density at radius 3 is 3.05 bits per heavy atom. The summed E-state index contributed by atoms with van der Waals surface area (Å²) in [6, 6.07) is 1.69. The molecule has 2 aromatic heterocycles. The molecule has 0 unspecified atom stereocenters. The second-order valence-corrected chi connectivity index (χ2v) is 6.82. The molecule has 1 atom stereocenters. The monoisotopic (exact) mass is 343 g/mol. The fourth-order valence-corrected chi connectivity index (χ4v) is 3.78. The van der Waals surface area contributed by atoms with E-state index in [1.54, 1.807) is 4.57 Å². The molecule has 0 spiro atoms. The molecule has 1 saturated heterocycles. The number of hydrogen-bond donors (Lipinski definition) is 1. The molecule has 1 fully saturated rings. The SMILES string of the molecule is O=C(O)N1CC[C@H](n2cnc3cc(Br)sc3c2=O)C1. The zero-order valence-corrected chi connectivity index (χ0v) is 12.1. The number of hydrogen-bond acceptors (Lipinski definition) is 4. The molecule has 6 nitrogen and oxygen atoms in total. The van der Waals surface area contributed by atoms with E-state index in [2.05, 4.69) is 20.9 Å². The second kappa shape index (κ2) is 4.61. The van der Waals surface area contributed by atoms with Crippen LogP contribution in [0.25, 0.3) is 10.2 Å². The number of likely N-dealkylation sites (tertiary alicyclic amines) is 1. The van der Waals surface area contributed by atoms with Crippen molar-refractivity contribution >= 4 is 43.6 Å². The second-order valence-electron chi connectivity index (χ2n) is 4.39. The largest absolute Gasteiger partial charge is 0.465 e. The van der Waals surface area contributed by atoms with Gasteiger partial charge in [0.15, 0.2) is 0 Å². The van der Waals surface area contributed by atoms with Crippen LogP contribution in [0.3, 0.4) is 0 Å². The van der Waals surface area contributed by atoms with Crippen LogP contribution in [0.1, 0.15) is 12.5 Å². The topological polar surface area (TPSA) is 75.4 Å². The fraction of sp³-hybridized carbons (Fsp3) is 0.364. The number of thiophene rings is 1. The minimum atomic E-state index is -0.941. The van der Waals surface area contributed by atoms with Crippen LogP contribution in [-0.2, 0) is 0 Å². The molecule has 0 aliphatic carbocycles. The molecule has 100 valence electrons. The summed E-state index contributed by atoms with van der Waals surface area (Å²) in [5.41, 5.74) is 0.573. The molecule has 19 heavy (non-hydrogen) atoms. The molecule has 1 amide bonds. The van der Waals surface area contributed by atoms with E-state index in [1.807, 2.05) is 6.07 Å². The Hall–Kier alpha value is -1.41. The molecule has 0 radical (unpaired) electrons. The molecule has 8 heteroatoms. The van der Waals surface area contributed by atoms with Gasteiger partial charge in [0.05, 0.1) is 21.7 Å². The van der Waals surface area contributed by atoms with Gasteiger partial charge in [0.1, 0.15) is 4.70 Å². The van der Waals surface area contributed by atoms with Gasteiger partial charge in [0.25, 0.3) is 5.56 Å². The van der Waals surface area contributed by atoms with E-state index in [0.717, 1.165) is 3.79 Å². The highest BCUT2D eigenvalue weighted by Gasteiger charge is 2.28. The van der Waals surface area contributed by atoms with Crippen molar-refractivity contribution in [2.75, 3.05) is 13.1 Å². The molecule has 0 saturated carbocycles. The third-order valence-corrected chi connectivity index (χ3v) is 4.87. The molecule has 0 bridgehead atoms. The van der Waals surface area contributed by atoms with Crippen LogP contribution in [0.5, 0.6) is 0 Å². The first-order chi connectivity index (χ1) is 9.06. The van der Waals surface area contributed by atoms with Crippen molar-refractivity contribution < 1.29 is 9.90 Å². The summed E-state index contributed by atoms with van der Waals surface area (Å²) in [5, 5.41) is 8.94. The Labute approximate surface area is 120 Å². The Bertz CT molecular complexity index is 711. The summed E-state index contributed by atoms with van der Waals surface area (Å²) in [4.78, 5) is 28.8. The van der Waals surface area contributed by atoms with Gasteiger partial charge in [-0.1, -0.05) is 0 Å². The van der Waals surface area contributed by atoms with E-state index >= 15 is 0 Å². The van der Waals surface area contributed by atoms with Crippen molar-refractivity contribution in [3.05, 3.63) is 26.5 Å². The minimum Gasteiger partial charge on any atom is -0.465 e. The number of fused-ring (bicyclic) bond motifs is 1. The van der Waals surface area contributed by atoms with Gasteiger partial charge >= 0.3 is 6.09 Å². The number of nitrogens with zero attached hydrogens (tertiary/aromatic N) is 3. The van der Waals surface area contributed by atoms with E-state index in [0.29, 0.717) is 29.7 Å². The summed E-state index contributed by atoms with van der Waals surface area (Å²) in [7, 11) is 0. The lowest BCUT2D eigenvalue weighted by Gasteiger charge is -2.14. The third-order valence-electron chi connectivity index (χ3n) is 3.26. The van der Waals surface area contributed by atoms with E-state index in [1.165, 1.54) is 22.6 Å². The van der Waals surface area contributed by atoms with E-state index < -0.39 is 6.09 Å². The van der Waals surface area contributed by atoms with Crippen molar-refractivity contribution in [3.63, 3.8) is 0 Å². The first kappa shape index (κ1) is 12.6. The summed E-state index contributed by atoms with van der Waals surface area (Å²) in [6.45, 7) is 0.799. The maximum atomic E-state index is 12.4. The lowest BCUT2D eigenvalue weighted by atomic mass is 10.2. The average Bonchev–Trinajstić information content (AvgIpc) is 2.95. The van der Waals surface area contributed by atoms with Gasteiger partial charge in [-0.05, 0) is 28.4 Å². The van der Waals surface area contributed by atoms with Crippen LogP contribution in [0.2, 0.25) is 0 Å². The standard InChI is InChI=1S/C11H10BrN3O3S/c12-8-3-7-9(19-8)10(16)15(5-13-7)6-1-2-14(4-6)11(17)18/h3,5-6H,1-2,4H2,(H,17,18)/t6-/m0/s1. The van der Waals surface area contributed by atoms with Gasteiger partial charge in [-0.2, -0.15) is 0 Å². The average molecular weight is 344 g/mol. The van der Waals surface area contributed by atoms with Gasteiger partial charge in [-0.25, -0.2) is 9.78 Å². The number of carbonyl (C=O) groups is 1. The first-order valence-corrected chi connectivity index (χ1v) is 7.31. The molecular formula is C11H10BrN3O3S. The van der Waals surface area contributed by atoms with Crippen LogP contribution < -0.4 is 5.56 Å². The van der Waals surface area contributed by atoms with Crippen molar-refractivity contribution in [2.24, 2.45) is 0 Å². The quantitative estimate of drug-likeness (QED) is 0.860.